The average molecular weight is 420 g/mol. The van der Waals surface area contributed by atoms with Crippen molar-refractivity contribution in [2.24, 2.45) is 0 Å². The predicted molar refractivity (Wildman–Crippen MR) is 94.7 cm³/mol. The number of benzene rings is 1. The van der Waals surface area contributed by atoms with Gasteiger partial charge in [0.05, 0.1) is 16.4 Å². The summed E-state index contributed by atoms with van der Waals surface area (Å²) in [4.78, 5) is 16.9. The Morgan fingerprint density at radius 1 is 1.48 bits per heavy atom. The van der Waals surface area contributed by atoms with Crippen molar-refractivity contribution >= 4 is 51.1 Å². The first-order valence-corrected chi connectivity index (χ1v) is 8.56. The molecule has 0 radical (unpaired) electrons. The SMILES string of the molecule is CCCNC(=O)C(C)n1c(C(C)Cl)nc2cc(I)ccc21. The van der Waals surface area contributed by atoms with Gasteiger partial charge in [0.2, 0.25) is 5.91 Å². The van der Waals surface area contributed by atoms with Crippen LogP contribution >= 0.6 is 34.2 Å². The molecule has 0 spiro atoms. The van der Waals surface area contributed by atoms with E-state index >= 15 is 0 Å². The molecule has 1 N–H and O–H groups in total. The van der Waals surface area contributed by atoms with Crippen molar-refractivity contribution in [3.63, 3.8) is 0 Å². The van der Waals surface area contributed by atoms with Gasteiger partial charge in [-0.2, -0.15) is 0 Å². The Morgan fingerprint density at radius 2 is 2.19 bits per heavy atom. The van der Waals surface area contributed by atoms with E-state index in [9.17, 15) is 4.79 Å². The molecule has 4 nitrogen and oxygen atoms in total. The van der Waals surface area contributed by atoms with Gasteiger partial charge in [-0.3, -0.25) is 4.79 Å². The molecule has 0 saturated heterocycles. The van der Waals surface area contributed by atoms with E-state index < -0.39 is 0 Å². The van der Waals surface area contributed by atoms with Crippen LogP contribution in [0.5, 0.6) is 0 Å². The van der Waals surface area contributed by atoms with Crippen LogP contribution < -0.4 is 5.32 Å². The number of fused-ring (bicyclic) bond motifs is 1. The highest BCUT2D eigenvalue weighted by atomic mass is 127. The number of halogens is 2. The molecule has 0 saturated carbocycles. The number of hydrogen-bond donors (Lipinski definition) is 1. The van der Waals surface area contributed by atoms with Gasteiger partial charge in [-0.1, -0.05) is 6.92 Å². The molecule has 6 heteroatoms. The fourth-order valence-electron chi connectivity index (χ4n) is 2.29. The molecule has 114 valence electrons. The van der Waals surface area contributed by atoms with E-state index in [1.165, 1.54) is 0 Å². The number of rotatable bonds is 5. The molecule has 2 unspecified atom stereocenters. The largest absolute Gasteiger partial charge is 0.354 e. The fraction of sp³-hybridized carbons (Fsp3) is 0.467. The molecular formula is C15H19ClIN3O. The molecular weight excluding hydrogens is 401 g/mol. The topological polar surface area (TPSA) is 46.9 Å². The molecule has 1 amide bonds. The first kappa shape index (κ1) is 16.5. The molecule has 0 aliphatic rings. The Balaban J connectivity index is 2.49. The lowest BCUT2D eigenvalue weighted by Crippen LogP contribution is -2.32. The average Bonchev–Trinajstić information content (AvgIpc) is 2.82. The molecule has 2 atom stereocenters. The third kappa shape index (κ3) is 3.51. The summed E-state index contributed by atoms with van der Waals surface area (Å²) in [5, 5.41) is 2.68. The first-order chi connectivity index (χ1) is 9.95. The number of carbonyl (C=O) groups is 1. The van der Waals surface area contributed by atoms with Gasteiger partial charge in [0.1, 0.15) is 11.9 Å². The Hall–Kier alpha value is -0.820. The van der Waals surface area contributed by atoms with E-state index in [2.05, 4.69) is 32.9 Å². The zero-order valence-electron chi connectivity index (χ0n) is 12.4. The van der Waals surface area contributed by atoms with Crippen LogP contribution in [0.15, 0.2) is 18.2 Å². The van der Waals surface area contributed by atoms with Crippen LogP contribution in [0.2, 0.25) is 0 Å². The quantitative estimate of drug-likeness (QED) is 0.587. The summed E-state index contributed by atoms with van der Waals surface area (Å²) in [6.07, 6.45) is 0.917. The number of amides is 1. The van der Waals surface area contributed by atoms with Gasteiger partial charge in [0.25, 0.3) is 0 Å². The zero-order chi connectivity index (χ0) is 15.6. The van der Waals surface area contributed by atoms with E-state index in [4.69, 9.17) is 11.6 Å². The Kier molecular flexibility index (Phi) is 5.48. The maximum atomic E-state index is 12.3. The van der Waals surface area contributed by atoms with Gasteiger partial charge in [-0.05, 0) is 61.1 Å². The Bertz CT molecular complexity index is 654. The minimum Gasteiger partial charge on any atom is -0.354 e. The maximum absolute atomic E-state index is 12.3. The number of nitrogens with one attached hydrogen (secondary N) is 1. The highest BCUT2D eigenvalue weighted by molar-refractivity contribution is 14.1. The second-order valence-corrected chi connectivity index (χ2v) is 6.96. The molecule has 1 aromatic carbocycles. The van der Waals surface area contributed by atoms with Gasteiger partial charge in [0.15, 0.2) is 0 Å². The van der Waals surface area contributed by atoms with Gasteiger partial charge >= 0.3 is 0 Å². The zero-order valence-corrected chi connectivity index (χ0v) is 15.3. The Morgan fingerprint density at radius 3 is 2.81 bits per heavy atom. The third-order valence-corrected chi connectivity index (χ3v) is 4.22. The van der Waals surface area contributed by atoms with Gasteiger partial charge in [0, 0.05) is 10.1 Å². The lowest BCUT2D eigenvalue weighted by Gasteiger charge is -2.18. The van der Waals surface area contributed by atoms with Crippen molar-refractivity contribution in [2.45, 2.75) is 38.6 Å². The van der Waals surface area contributed by atoms with Crippen LogP contribution in [0.25, 0.3) is 11.0 Å². The van der Waals surface area contributed by atoms with Gasteiger partial charge < -0.3 is 9.88 Å². The number of nitrogens with zero attached hydrogens (tertiary/aromatic N) is 2. The lowest BCUT2D eigenvalue weighted by molar-refractivity contribution is -0.123. The predicted octanol–water partition coefficient (Wildman–Crippen LogP) is 4.03. The second kappa shape index (κ2) is 6.96. The summed E-state index contributed by atoms with van der Waals surface area (Å²) in [6, 6.07) is 5.68. The summed E-state index contributed by atoms with van der Waals surface area (Å²) >= 11 is 8.51. The molecule has 0 fully saturated rings. The van der Waals surface area contributed by atoms with Crippen molar-refractivity contribution in [1.29, 1.82) is 0 Å². The summed E-state index contributed by atoms with van der Waals surface area (Å²) < 4.78 is 3.05. The van der Waals surface area contributed by atoms with E-state index in [0.717, 1.165) is 26.8 Å². The Labute approximate surface area is 143 Å². The lowest BCUT2D eigenvalue weighted by atomic mass is 10.2. The van der Waals surface area contributed by atoms with E-state index in [0.29, 0.717) is 6.54 Å². The number of alkyl halides is 1. The van der Waals surface area contributed by atoms with Crippen LogP contribution in [0.4, 0.5) is 0 Å². The van der Waals surface area contributed by atoms with Crippen molar-refractivity contribution in [3.05, 3.63) is 27.6 Å². The summed E-state index contributed by atoms with van der Waals surface area (Å²) in [6.45, 7) is 6.47. The van der Waals surface area contributed by atoms with E-state index in [1.807, 2.05) is 43.5 Å². The molecule has 21 heavy (non-hydrogen) atoms. The smallest absolute Gasteiger partial charge is 0.242 e. The fourth-order valence-corrected chi connectivity index (χ4v) is 2.92. The minimum absolute atomic E-state index is 0.00623. The molecule has 0 aliphatic carbocycles. The molecule has 1 aromatic heterocycles. The molecule has 0 aliphatic heterocycles. The first-order valence-electron chi connectivity index (χ1n) is 7.04. The molecule has 1 heterocycles. The number of hydrogen-bond acceptors (Lipinski definition) is 2. The highest BCUT2D eigenvalue weighted by Crippen LogP contribution is 2.29. The maximum Gasteiger partial charge on any atom is 0.242 e. The normalized spacial score (nSPS) is 14.1. The number of imidazole rings is 1. The minimum atomic E-state index is -0.335. The van der Waals surface area contributed by atoms with Crippen LogP contribution in [-0.2, 0) is 4.79 Å². The van der Waals surface area contributed by atoms with Crippen LogP contribution in [0.3, 0.4) is 0 Å². The van der Waals surface area contributed by atoms with Crippen LogP contribution in [0, 0.1) is 3.57 Å². The van der Waals surface area contributed by atoms with Crippen LogP contribution in [-0.4, -0.2) is 22.0 Å². The van der Waals surface area contributed by atoms with Crippen molar-refractivity contribution in [2.75, 3.05) is 6.54 Å². The summed E-state index contributed by atoms with van der Waals surface area (Å²) in [5.74, 6) is 0.723. The molecule has 0 bridgehead atoms. The molecule has 2 aromatic rings. The van der Waals surface area contributed by atoms with E-state index in [-0.39, 0.29) is 17.3 Å². The van der Waals surface area contributed by atoms with Crippen molar-refractivity contribution in [1.82, 2.24) is 14.9 Å². The van der Waals surface area contributed by atoms with Crippen LogP contribution in [0.1, 0.15) is 44.4 Å². The monoisotopic (exact) mass is 419 g/mol. The summed E-state index contributed by atoms with van der Waals surface area (Å²) in [5.41, 5.74) is 1.82. The van der Waals surface area contributed by atoms with Crippen molar-refractivity contribution in [3.8, 4) is 0 Å². The second-order valence-electron chi connectivity index (χ2n) is 5.06. The summed E-state index contributed by atoms with van der Waals surface area (Å²) in [7, 11) is 0. The van der Waals surface area contributed by atoms with Crippen molar-refractivity contribution < 1.29 is 4.79 Å². The highest BCUT2D eigenvalue weighted by Gasteiger charge is 2.23. The third-order valence-electron chi connectivity index (χ3n) is 3.35. The standard InChI is InChI=1S/C15H19ClIN3O/c1-4-7-18-15(21)10(3)20-13-6-5-11(17)8-12(13)19-14(20)9(2)16/h5-6,8-10H,4,7H2,1-3H3,(H,18,21). The van der Waals surface area contributed by atoms with Gasteiger partial charge in [-0.25, -0.2) is 4.98 Å². The van der Waals surface area contributed by atoms with Gasteiger partial charge in [-0.15, -0.1) is 11.6 Å². The molecule has 2 rings (SSSR count). The number of carbonyl (C=O) groups excluding carboxylic acids is 1. The number of aromatic nitrogens is 2. The van der Waals surface area contributed by atoms with E-state index in [1.54, 1.807) is 0 Å².